The van der Waals surface area contributed by atoms with Gasteiger partial charge >= 0.3 is 6.36 Å². The van der Waals surface area contributed by atoms with Gasteiger partial charge in [-0.05, 0) is 18.2 Å². The van der Waals surface area contributed by atoms with Crippen LogP contribution < -0.4 is 4.74 Å². The van der Waals surface area contributed by atoms with Crippen molar-refractivity contribution in [2.45, 2.75) is 12.9 Å². The summed E-state index contributed by atoms with van der Waals surface area (Å²) in [6.45, 7) is -0.0506. The number of hydrogen-bond donors (Lipinski definition) is 0. The van der Waals surface area contributed by atoms with Crippen LogP contribution >= 0.6 is 11.6 Å². The number of para-hydroxylation sites is 1. The first kappa shape index (κ1) is 17.1. The molecule has 122 valence electrons. The van der Waals surface area contributed by atoms with Crippen molar-refractivity contribution in [2.24, 2.45) is 0 Å². The molecule has 0 N–H and O–H groups in total. The molecule has 1 aromatic heterocycles. The van der Waals surface area contributed by atoms with Crippen molar-refractivity contribution in [3.63, 3.8) is 0 Å². The molecule has 0 saturated heterocycles. The minimum absolute atomic E-state index is 0.0506. The predicted molar refractivity (Wildman–Crippen MR) is 78.2 cm³/mol. The number of ether oxygens (including phenoxy) is 1. The van der Waals surface area contributed by atoms with Crippen molar-refractivity contribution in [1.29, 1.82) is 0 Å². The van der Waals surface area contributed by atoms with E-state index in [1.807, 2.05) is 0 Å². The van der Waals surface area contributed by atoms with Gasteiger partial charge in [0.25, 0.3) is 5.91 Å². The highest BCUT2D eigenvalue weighted by Crippen LogP contribution is 2.27. The van der Waals surface area contributed by atoms with Crippen LogP contribution in [0.2, 0.25) is 5.15 Å². The van der Waals surface area contributed by atoms with Crippen molar-refractivity contribution in [2.75, 3.05) is 7.05 Å². The molecule has 0 radical (unpaired) electrons. The molecule has 4 nitrogen and oxygen atoms in total. The van der Waals surface area contributed by atoms with E-state index in [9.17, 15) is 18.0 Å². The first-order valence-electron chi connectivity index (χ1n) is 6.47. The molecular formula is C15H12ClF3N2O2. The molecule has 1 heterocycles. The van der Waals surface area contributed by atoms with Crippen molar-refractivity contribution >= 4 is 17.5 Å². The SMILES string of the molecule is CN(Cc1ccccc1OC(F)(F)F)C(=O)c1ccnc(Cl)c1. The molecule has 0 unspecified atom stereocenters. The molecule has 8 heteroatoms. The van der Waals surface area contributed by atoms with Gasteiger partial charge in [0.15, 0.2) is 0 Å². The third kappa shape index (κ3) is 4.85. The summed E-state index contributed by atoms with van der Waals surface area (Å²) in [5.74, 6) is -0.733. The average molecular weight is 345 g/mol. The number of hydrogen-bond acceptors (Lipinski definition) is 3. The molecule has 0 bridgehead atoms. The molecule has 0 atom stereocenters. The lowest BCUT2D eigenvalue weighted by Crippen LogP contribution is -2.27. The average Bonchev–Trinajstić information content (AvgIpc) is 2.47. The van der Waals surface area contributed by atoms with Crippen LogP contribution in [0.3, 0.4) is 0 Å². The van der Waals surface area contributed by atoms with Crippen LogP contribution in [-0.2, 0) is 6.54 Å². The summed E-state index contributed by atoms with van der Waals surface area (Å²) in [5.41, 5.74) is 0.530. The Morgan fingerprint density at radius 3 is 2.65 bits per heavy atom. The summed E-state index contributed by atoms with van der Waals surface area (Å²) < 4.78 is 41.2. The van der Waals surface area contributed by atoms with Gasteiger partial charge in [0, 0.05) is 30.9 Å². The van der Waals surface area contributed by atoms with Gasteiger partial charge in [0.1, 0.15) is 10.9 Å². The van der Waals surface area contributed by atoms with Gasteiger partial charge in [-0.3, -0.25) is 4.79 Å². The third-order valence-electron chi connectivity index (χ3n) is 2.93. The van der Waals surface area contributed by atoms with Crippen LogP contribution in [0.15, 0.2) is 42.6 Å². The van der Waals surface area contributed by atoms with E-state index >= 15 is 0 Å². The molecule has 0 aliphatic carbocycles. The number of carbonyl (C=O) groups excluding carboxylic acids is 1. The first-order chi connectivity index (χ1) is 10.8. The minimum Gasteiger partial charge on any atom is -0.405 e. The van der Waals surface area contributed by atoms with Crippen LogP contribution in [0.25, 0.3) is 0 Å². The van der Waals surface area contributed by atoms with Crippen molar-refractivity contribution in [1.82, 2.24) is 9.88 Å². The van der Waals surface area contributed by atoms with Crippen LogP contribution in [0, 0.1) is 0 Å². The zero-order valence-corrected chi connectivity index (χ0v) is 12.7. The lowest BCUT2D eigenvalue weighted by molar-refractivity contribution is -0.274. The number of alkyl halides is 3. The summed E-state index contributed by atoms with van der Waals surface area (Å²) in [4.78, 5) is 17.3. The zero-order valence-electron chi connectivity index (χ0n) is 12.0. The van der Waals surface area contributed by atoms with Gasteiger partial charge < -0.3 is 9.64 Å². The lowest BCUT2D eigenvalue weighted by atomic mass is 10.1. The Labute approximate surface area is 135 Å². The maximum absolute atomic E-state index is 12.4. The van der Waals surface area contributed by atoms with Crippen molar-refractivity contribution < 1.29 is 22.7 Å². The van der Waals surface area contributed by atoms with Crippen molar-refractivity contribution in [3.8, 4) is 5.75 Å². The van der Waals surface area contributed by atoms with E-state index < -0.39 is 12.3 Å². The van der Waals surface area contributed by atoms with Gasteiger partial charge in [-0.2, -0.15) is 0 Å². The monoisotopic (exact) mass is 344 g/mol. The number of halogens is 4. The number of pyridine rings is 1. The number of nitrogens with zero attached hydrogens (tertiary/aromatic N) is 2. The molecule has 0 spiro atoms. The molecule has 0 aliphatic rings. The van der Waals surface area contributed by atoms with Crippen LogP contribution in [0.5, 0.6) is 5.75 Å². The maximum atomic E-state index is 12.4. The molecule has 0 aliphatic heterocycles. The Hall–Kier alpha value is -2.28. The Morgan fingerprint density at radius 2 is 2.00 bits per heavy atom. The van der Waals surface area contributed by atoms with E-state index in [0.29, 0.717) is 5.56 Å². The third-order valence-corrected chi connectivity index (χ3v) is 3.13. The maximum Gasteiger partial charge on any atom is 0.573 e. The summed E-state index contributed by atoms with van der Waals surface area (Å²) in [7, 11) is 1.47. The molecule has 2 aromatic rings. The molecule has 1 aromatic carbocycles. The number of rotatable bonds is 4. The van der Waals surface area contributed by atoms with Gasteiger partial charge in [-0.15, -0.1) is 13.2 Å². The van der Waals surface area contributed by atoms with Crippen LogP contribution in [-0.4, -0.2) is 29.2 Å². The van der Waals surface area contributed by atoms with E-state index in [1.165, 1.54) is 48.5 Å². The fourth-order valence-corrected chi connectivity index (χ4v) is 2.12. The van der Waals surface area contributed by atoms with E-state index in [0.717, 1.165) is 0 Å². The summed E-state index contributed by atoms with van der Waals surface area (Å²) >= 11 is 5.72. The highest BCUT2D eigenvalue weighted by molar-refractivity contribution is 6.29. The normalized spacial score (nSPS) is 11.2. The topological polar surface area (TPSA) is 42.4 Å². The molecule has 0 fully saturated rings. The summed E-state index contributed by atoms with van der Waals surface area (Å²) in [6, 6.07) is 8.52. The second kappa shape index (κ2) is 6.87. The van der Waals surface area contributed by atoms with Gasteiger partial charge in [0.2, 0.25) is 0 Å². The lowest BCUT2D eigenvalue weighted by Gasteiger charge is -2.20. The molecule has 1 amide bonds. The predicted octanol–water partition coefficient (Wildman–Crippen LogP) is 3.91. The van der Waals surface area contributed by atoms with Crippen LogP contribution in [0.1, 0.15) is 15.9 Å². The van der Waals surface area contributed by atoms with E-state index in [-0.39, 0.29) is 23.0 Å². The zero-order chi connectivity index (χ0) is 17.0. The van der Waals surface area contributed by atoms with E-state index in [4.69, 9.17) is 11.6 Å². The molecule has 2 rings (SSSR count). The van der Waals surface area contributed by atoms with Gasteiger partial charge in [-0.1, -0.05) is 29.8 Å². The number of aromatic nitrogens is 1. The first-order valence-corrected chi connectivity index (χ1v) is 6.85. The largest absolute Gasteiger partial charge is 0.573 e. The number of carbonyl (C=O) groups is 1. The Bertz CT molecular complexity index is 707. The summed E-state index contributed by atoms with van der Waals surface area (Å²) in [5, 5.41) is 0.157. The second-order valence-corrected chi connectivity index (χ2v) is 5.07. The Balaban J connectivity index is 2.17. The molecule has 0 saturated carbocycles. The molecule has 23 heavy (non-hydrogen) atoms. The Kier molecular flexibility index (Phi) is 5.10. The smallest absolute Gasteiger partial charge is 0.405 e. The second-order valence-electron chi connectivity index (χ2n) is 4.68. The molecular weight excluding hydrogens is 333 g/mol. The van der Waals surface area contributed by atoms with E-state index in [2.05, 4.69) is 9.72 Å². The summed E-state index contributed by atoms with van der Waals surface area (Å²) in [6.07, 6.45) is -3.42. The van der Waals surface area contributed by atoms with Gasteiger partial charge in [0.05, 0.1) is 0 Å². The number of amides is 1. The van der Waals surface area contributed by atoms with Crippen LogP contribution in [0.4, 0.5) is 13.2 Å². The van der Waals surface area contributed by atoms with E-state index in [1.54, 1.807) is 6.07 Å². The minimum atomic E-state index is -4.79. The highest BCUT2D eigenvalue weighted by atomic mass is 35.5. The highest BCUT2D eigenvalue weighted by Gasteiger charge is 2.32. The van der Waals surface area contributed by atoms with Crippen molar-refractivity contribution in [3.05, 3.63) is 58.9 Å². The fourth-order valence-electron chi connectivity index (χ4n) is 1.94. The quantitative estimate of drug-likeness (QED) is 0.790. The number of benzene rings is 1. The fraction of sp³-hybridized carbons (Fsp3) is 0.200. The Morgan fingerprint density at radius 1 is 1.30 bits per heavy atom. The standard InChI is InChI=1S/C15H12ClF3N2O2/c1-21(14(22)10-6-7-20-13(16)8-10)9-11-4-2-3-5-12(11)23-15(17,18)19/h2-8H,9H2,1H3. The van der Waals surface area contributed by atoms with Gasteiger partial charge in [-0.25, -0.2) is 4.98 Å².